The molecule has 0 amide bonds. The van der Waals surface area contributed by atoms with Crippen molar-refractivity contribution < 1.29 is 37.0 Å². The monoisotopic (exact) mass is 566 g/mol. The van der Waals surface area contributed by atoms with E-state index in [0.29, 0.717) is 0 Å². The Balaban J connectivity index is -0.000000506. The first-order valence-corrected chi connectivity index (χ1v) is 13.2. The predicted molar refractivity (Wildman–Crippen MR) is 159 cm³/mol. The Morgan fingerprint density at radius 3 is 1.13 bits per heavy atom. The molecule has 0 aliphatic heterocycles. The summed E-state index contributed by atoms with van der Waals surface area (Å²) in [5.74, 6) is 0. The van der Waals surface area contributed by atoms with Gasteiger partial charge in [0.2, 0.25) is 0 Å². The number of hydrogen-bond donors (Lipinski definition) is 0. The second kappa shape index (κ2) is 23.8. The molecule has 0 heterocycles. The van der Waals surface area contributed by atoms with Crippen molar-refractivity contribution in [3.05, 3.63) is 120 Å². The van der Waals surface area contributed by atoms with Crippen molar-refractivity contribution >= 4 is 0 Å². The molecular formula is C35H50O3Ti. The van der Waals surface area contributed by atoms with Gasteiger partial charge in [0.05, 0.1) is 0 Å². The summed E-state index contributed by atoms with van der Waals surface area (Å²) in [6.45, 7) is 14.7. The summed E-state index contributed by atoms with van der Waals surface area (Å²) in [4.78, 5) is 0. The van der Waals surface area contributed by atoms with Crippen LogP contribution in [0.4, 0.5) is 0 Å². The molecule has 0 bridgehead atoms. The van der Waals surface area contributed by atoms with Crippen molar-refractivity contribution in [2.45, 2.75) is 98.4 Å². The van der Waals surface area contributed by atoms with Crippen LogP contribution < -0.4 is 15.3 Å². The fraction of sp³-hybridized carbons (Fsp3) is 0.429. The van der Waals surface area contributed by atoms with E-state index in [1.54, 1.807) is 62.3 Å². The van der Waals surface area contributed by atoms with Crippen LogP contribution in [0, 0.1) is 6.08 Å². The first-order chi connectivity index (χ1) is 17.4. The van der Waals surface area contributed by atoms with Crippen molar-refractivity contribution in [1.82, 2.24) is 0 Å². The molecule has 2 aromatic carbocycles. The smallest absolute Gasteiger partial charge is 0.850 e. The Hall–Kier alpha value is -2.01. The van der Waals surface area contributed by atoms with Gasteiger partial charge < -0.3 is 15.3 Å². The van der Waals surface area contributed by atoms with Crippen molar-refractivity contribution in [2.24, 2.45) is 0 Å². The molecule has 0 saturated carbocycles. The minimum absolute atomic E-state index is 0. The first kappa shape index (κ1) is 41.5. The van der Waals surface area contributed by atoms with E-state index >= 15 is 0 Å². The zero-order valence-corrected chi connectivity index (χ0v) is 27.2. The zero-order valence-electron chi connectivity index (χ0n) is 25.7. The van der Waals surface area contributed by atoms with Crippen LogP contribution in [0.1, 0.15) is 79.9 Å². The van der Waals surface area contributed by atoms with E-state index in [2.05, 4.69) is 85.0 Å². The molecule has 4 heteroatoms. The molecule has 0 fully saturated rings. The summed E-state index contributed by atoms with van der Waals surface area (Å²) in [5, 5.41) is 30.3. The second-order valence-electron chi connectivity index (χ2n) is 11.6. The second-order valence-corrected chi connectivity index (χ2v) is 11.6. The van der Waals surface area contributed by atoms with Gasteiger partial charge in [-0.2, -0.15) is 6.08 Å². The largest absolute Gasteiger partial charge is 4.00 e. The van der Waals surface area contributed by atoms with Gasteiger partial charge in [0.1, 0.15) is 0 Å². The van der Waals surface area contributed by atoms with Gasteiger partial charge in [-0.3, -0.25) is 6.08 Å². The van der Waals surface area contributed by atoms with Crippen LogP contribution in [-0.4, -0.2) is 16.8 Å². The van der Waals surface area contributed by atoms with E-state index in [9.17, 15) is 15.3 Å². The Bertz CT molecular complexity index is 802. The Morgan fingerprint density at radius 2 is 0.923 bits per heavy atom. The molecule has 1 aliphatic carbocycles. The fourth-order valence-corrected chi connectivity index (χ4v) is 2.13. The zero-order chi connectivity index (χ0) is 29.5. The molecule has 0 spiro atoms. The summed E-state index contributed by atoms with van der Waals surface area (Å²) in [7, 11) is 0. The molecule has 3 rings (SSSR count). The van der Waals surface area contributed by atoms with Crippen LogP contribution >= 0.6 is 0 Å². The number of benzene rings is 2. The molecular weight excluding hydrogens is 516 g/mol. The van der Waals surface area contributed by atoms with Crippen LogP contribution in [0.5, 0.6) is 0 Å². The molecule has 0 aromatic heterocycles. The average molecular weight is 567 g/mol. The van der Waals surface area contributed by atoms with Crippen LogP contribution in [-0.2, 0) is 34.6 Å². The Labute approximate surface area is 255 Å². The molecule has 212 valence electrons. The van der Waals surface area contributed by atoms with Gasteiger partial charge in [-0.15, -0.1) is 23.2 Å². The van der Waals surface area contributed by atoms with E-state index in [4.69, 9.17) is 0 Å². The van der Waals surface area contributed by atoms with Gasteiger partial charge in [0.15, 0.2) is 0 Å². The van der Waals surface area contributed by atoms with Crippen molar-refractivity contribution in [2.75, 3.05) is 0 Å². The molecule has 3 nitrogen and oxygen atoms in total. The fourth-order valence-electron chi connectivity index (χ4n) is 2.13. The molecule has 1 aliphatic rings. The van der Waals surface area contributed by atoms with Crippen LogP contribution in [0.3, 0.4) is 0 Å². The first-order valence-electron chi connectivity index (χ1n) is 13.2. The van der Waals surface area contributed by atoms with Crippen LogP contribution in [0.25, 0.3) is 0 Å². The molecule has 0 N–H and O–H groups in total. The van der Waals surface area contributed by atoms with Gasteiger partial charge >= 0.3 is 21.7 Å². The van der Waals surface area contributed by atoms with Crippen LogP contribution in [0.2, 0.25) is 0 Å². The van der Waals surface area contributed by atoms with Gasteiger partial charge in [-0.05, 0) is 24.0 Å². The van der Waals surface area contributed by atoms with E-state index < -0.39 is 16.8 Å². The third-order valence-electron chi connectivity index (χ3n) is 3.36. The van der Waals surface area contributed by atoms with Gasteiger partial charge in [-0.25, -0.2) is 12.2 Å². The molecule has 0 radical (unpaired) electrons. The Morgan fingerprint density at radius 1 is 0.615 bits per heavy atom. The Kier molecular flexibility index (Phi) is 25.4. The maximum Gasteiger partial charge on any atom is 4.00 e. The minimum atomic E-state index is -0.750. The van der Waals surface area contributed by atoms with Gasteiger partial charge in [0.25, 0.3) is 0 Å². The predicted octanol–water partition coefficient (Wildman–Crippen LogP) is 6.32. The van der Waals surface area contributed by atoms with E-state index in [1.165, 1.54) is 11.1 Å². The molecule has 0 saturated heterocycles. The average Bonchev–Trinajstić information content (AvgIpc) is 3.35. The molecule has 0 atom stereocenters. The number of rotatable bonds is 5. The maximum absolute atomic E-state index is 10.1. The summed E-state index contributed by atoms with van der Waals surface area (Å²) in [5.41, 5.74) is 0.454. The topological polar surface area (TPSA) is 69.2 Å². The van der Waals surface area contributed by atoms with Crippen molar-refractivity contribution in [1.29, 1.82) is 0 Å². The SMILES string of the molecule is C(C=CCc1ccccc1)=CCc1ccccc1.CC(C)(C)[O-].CC(C)(C)[O-].CC(C)(C)[O-].[C-]1=CC=CC1.[Ti+4]. The number of hydrogen-bond acceptors (Lipinski definition) is 3. The normalized spacial score (nSPS) is 12.1. The van der Waals surface area contributed by atoms with Gasteiger partial charge in [0, 0.05) is 0 Å². The summed E-state index contributed by atoms with van der Waals surface area (Å²) < 4.78 is 0. The molecule has 2 aromatic rings. The molecule has 39 heavy (non-hydrogen) atoms. The third kappa shape index (κ3) is 53.1. The minimum Gasteiger partial charge on any atom is -0.850 e. The summed E-state index contributed by atoms with van der Waals surface area (Å²) in [6.07, 6.45) is 20.6. The standard InChI is InChI=1S/C18H18.C5H5.3C4H9O.Ti/c1(5-11-17-13-7-3-8-14-17)2-6-12-18-15-9-4-10-16-18;1-2-4-5-3-1;3*1-4(2,3)5;/h1-10,13-16H,11-12H2;1-3H,4H2;3*1-3H3;/q;4*-1;+4. The third-order valence-corrected chi connectivity index (χ3v) is 3.36. The van der Waals surface area contributed by atoms with Crippen molar-refractivity contribution in [3.63, 3.8) is 0 Å². The van der Waals surface area contributed by atoms with E-state index in [0.717, 1.165) is 19.3 Å². The van der Waals surface area contributed by atoms with E-state index in [1.807, 2.05) is 24.3 Å². The van der Waals surface area contributed by atoms with E-state index in [-0.39, 0.29) is 21.7 Å². The van der Waals surface area contributed by atoms with Crippen molar-refractivity contribution in [3.8, 4) is 0 Å². The molecule has 0 unspecified atom stereocenters. The summed E-state index contributed by atoms with van der Waals surface area (Å²) in [6, 6.07) is 21.0. The van der Waals surface area contributed by atoms with Crippen LogP contribution in [0.15, 0.2) is 103 Å². The number of allylic oxidation sites excluding steroid dienone is 8. The maximum atomic E-state index is 10.1. The quantitative estimate of drug-likeness (QED) is 0.242. The summed E-state index contributed by atoms with van der Waals surface area (Å²) >= 11 is 0. The van der Waals surface area contributed by atoms with Gasteiger partial charge in [-0.1, -0.05) is 147 Å².